The fourth-order valence-corrected chi connectivity index (χ4v) is 2.13. The van der Waals surface area contributed by atoms with Crippen molar-refractivity contribution in [3.63, 3.8) is 0 Å². The van der Waals surface area contributed by atoms with Crippen molar-refractivity contribution in [1.82, 2.24) is 9.38 Å². The first-order valence-corrected chi connectivity index (χ1v) is 5.25. The Morgan fingerprint density at radius 3 is 3.00 bits per heavy atom. The van der Waals surface area contributed by atoms with Gasteiger partial charge in [-0.25, -0.2) is 4.98 Å². The summed E-state index contributed by atoms with van der Waals surface area (Å²) in [7, 11) is 0. The Hall–Kier alpha value is -1.07. The summed E-state index contributed by atoms with van der Waals surface area (Å²) in [5.74, 6) is -1.29. The van der Waals surface area contributed by atoms with Crippen LogP contribution in [0.4, 0.5) is 0 Å². The van der Waals surface area contributed by atoms with Crippen LogP contribution in [0.1, 0.15) is 25.0 Å². The quantitative estimate of drug-likeness (QED) is 0.905. The molecule has 1 unspecified atom stereocenters. The molecule has 15 heavy (non-hydrogen) atoms. The minimum atomic E-state index is -0.807. The molecule has 6 heteroatoms. The molecule has 0 saturated carbocycles. The van der Waals surface area contributed by atoms with Crippen molar-refractivity contribution in [2.45, 2.75) is 19.3 Å². The van der Waals surface area contributed by atoms with Crippen LogP contribution in [0, 0.1) is 0 Å². The highest BCUT2D eigenvalue weighted by Gasteiger charge is 2.20. The van der Waals surface area contributed by atoms with Gasteiger partial charge >= 0.3 is 5.97 Å². The van der Waals surface area contributed by atoms with Gasteiger partial charge in [0.1, 0.15) is 5.92 Å². The van der Waals surface area contributed by atoms with Gasteiger partial charge in [0.15, 0.2) is 4.96 Å². The van der Waals surface area contributed by atoms with Crippen LogP contribution in [0.5, 0.6) is 0 Å². The number of aliphatic carboxylic acids is 1. The van der Waals surface area contributed by atoms with Crippen LogP contribution >= 0.6 is 23.7 Å². The summed E-state index contributed by atoms with van der Waals surface area (Å²) in [6.07, 6.45) is 4.24. The first-order valence-electron chi connectivity index (χ1n) is 4.37. The molecule has 2 heterocycles. The SMILES string of the molecule is CCC(C(=O)O)c1cn2ccsc2n1.Cl. The monoisotopic (exact) mass is 246 g/mol. The third kappa shape index (κ3) is 2.13. The predicted octanol–water partition coefficient (Wildman–Crippen LogP) is 2.40. The van der Waals surface area contributed by atoms with Crippen LogP contribution in [0.15, 0.2) is 17.8 Å². The third-order valence-corrected chi connectivity index (χ3v) is 2.95. The number of carbonyl (C=O) groups is 1. The number of nitrogens with zero attached hydrogens (tertiary/aromatic N) is 2. The maximum Gasteiger partial charge on any atom is 0.312 e. The van der Waals surface area contributed by atoms with Crippen molar-refractivity contribution in [3.05, 3.63) is 23.5 Å². The standard InChI is InChI=1S/C9H10N2O2S.ClH/c1-2-6(8(12)13)7-5-11-3-4-14-9(11)10-7;/h3-6H,2H2,1H3,(H,12,13);1H. The van der Waals surface area contributed by atoms with Gasteiger partial charge in [0.25, 0.3) is 0 Å². The minimum absolute atomic E-state index is 0. The molecule has 1 N–H and O–H groups in total. The summed E-state index contributed by atoms with van der Waals surface area (Å²) >= 11 is 1.51. The second-order valence-corrected chi connectivity index (χ2v) is 3.93. The summed E-state index contributed by atoms with van der Waals surface area (Å²) in [5, 5.41) is 10.9. The molecular weight excluding hydrogens is 236 g/mol. The van der Waals surface area contributed by atoms with Crippen LogP contribution in [0.25, 0.3) is 4.96 Å². The lowest BCUT2D eigenvalue weighted by atomic mass is 10.0. The van der Waals surface area contributed by atoms with Gasteiger partial charge in [-0.1, -0.05) is 6.92 Å². The number of fused-ring (bicyclic) bond motifs is 1. The molecule has 2 aromatic heterocycles. The summed E-state index contributed by atoms with van der Waals surface area (Å²) in [6.45, 7) is 1.85. The molecule has 0 aliphatic heterocycles. The van der Waals surface area contributed by atoms with E-state index in [0.29, 0.717) is 12.1 Å². The summed E-state index contributed by atoms with van der Waals surface area (Å²) in [4.78, 5) is 16.0. The fourth-order valence-electron chi connectivity index (χ4n) is 1.42. The van der Waals surface area contributed by atoms with E-state index in [9.17, 15) is 4.79 Å². The third-order valence-electron chi connectivity index (χ3n) is 2.18. The summed E-state index contributed by atoms with van der Waals surface area (Å²) < 4.78 is 1.85. The number of imidazole rings is 1. The topological polar surface area (TPSA) is 54.6 Å². The van der Waals surface area contributed by atoms with E-state index < -0.39 is 11.9 Å². The second kappa shape index (κ2) is 4.63. The summed E-state index contributed by atoms with van der Waals surface area (Å²) in [5.41, 5.74) is 0.645. The van der Waals surface area contributed by atoms with E-state index in [2.05, 4.69) is 4.98 Å². The van der Waals surface area contributed by atoms with E-state index in [1.807, 2.05) is 22.9 Å². The normalized spacial score (nSPS) is 12.3. The molecule has 2 aromatic rings. The predicted molar refractivity (Wildman–Crippen MR) is 61.0 cm³/mol. The molecule has 0 amide bonds. The van der Waals surface area contributed by atoms with Crippen LogP contribution < -0.4 is 0 Å². The Balaban J connectivity index is 0.00000112. The number of thiazole rings is 1. The van der Waals surface area contributed by atoms with E-state index in [-0.39, 0.29) is 12.4 Å². The molecule has 0 saturated heterocycles. The molecule has 0 aromatic carbocycles. The maximum atomic E-state index is 10.9. The zero-order chi connectivity index (χ0) is 10.1. The number of halogens is 1. The van der Waals surface area contributed by atoms with Crippen LogP contribution in [0.3, 0.4) is 0 Å². The van der Waals surface area contributed by atoms with Crippen molar-refractivity contribution in [2.75, 3.05) is 0 Å². The number of hydrogen-bond acceptors (Lipinski definition) is 3. The minimum Gasteiger partial charge on any atom is -0.481 e. The van der Waals surface area contributed by atoms with E-state index in [0.717, 1.165) is 4.96 Å². The average molecular weight is 247 g/mol. The van der Waals surface area contributed by atoms with Gasteiger partial charge in [-0.15, -0.1) is 23.7 Å². The lowest BCUT2D eigenvalue weighted by molar-refractivity contribution is -0.138. The highest BCUT2D eigenvalue weighted by Crippen LogP contribution is 2.21. The van der Waals surface area contributed by atoms with Gasteiger partial charge in [-0.2, -0.15) is 0 Å². The van der Waals surface area contributed by atoms with Gasteiger partial charge in [-0.3, -0.25) is 9.20 Å². The van der Waals surface area contributed by atoms with Gasteiger partial charge in [0.05, 0.1) is 5.69 Å². The van der Waals surface area contributed by atoms with Gasteiger partial charge in [-0.05, 0) is 6.42 Å². The number of carboxylic acids is 1. The molecule has 2 rings (SSSR count). The molecular formula is C9H11ClN2O2S. The lowest BCUT2D eigenvalue weighted by Gasteiger charge is -2.04. The molecule has 4 nitrogen and oxygen atoms in total. The van der Waals surface area contributed by atoms with E-state index >= 15 is 0 Å². The fraction of sp³-hybridized carbons (Fsp3) is 0.333. The molecule has 1 atom stereocenters. The van der Waals surface area contributed by atoms with Crippen molar-refractivity contribution < 1.29 is 9.90 Å². The number of hydrogen-bond donors (Lipinski definition) is 1. The molecule has 0 fully saturated rings. The second-order valence-electron chi connectivity index (χ2n) is 3.06. The molecule has 0 radical (unpaired) electrons. The zero-order valence-corrected chi connectivity index (χ0v) is 9.72. The van der Waals surface area contributed by atoms with Gasteiger partial charge in [0.2, 0.25) is 0 Å². The molecule has 0 bridgehead atoms. The molecule has 82 valence electrons. The van der Waals surface area contributed by atoms with E-state index in [4.69, 9.17) is 5.11 Å². The van der Waals surface area contributed by atoms with Crippen molar-refractivity contribution in [2.24, 2.45) is 0 Å². The Morgan fingerprint density at radius 1 is 1.73 bits per heavy atom. The van der Waals surface area contributed by atoms with Crippen molar-refractivity contribution in [3.8, 4) is 0 Å². The average Bonchev–Trinajstić information content (AvgIpc) is 2.63. The summed E-state index contributed by atoms with van der Waals surface area (Å²) in [6, 6.07) is 0. The van der Waals surface area contributed by atoms with Gasteiger partial charge in [0, 0.05) is 17.8 Å². The smallest absolute Gasteiger partial charge is 0.312 e. The van der Waals surface area contributed by atoms with Gasteiger partial charge < -0.3 is 5.11 Å². The first kappa shape index (κ1) is 12.0. The number of carboxylic acid groups (broad SMARTS) is 1. The van der Waals surface area contributed by atoms with Crippen molar-refractivity contribution in [1.29, 1.82) is 0 Å². The highest BCUT2D eigenvalue weighted by molar-refractivity contribution is 7.15. The Labute approximate surface area is 97.0 Å². The molecule has 0 aliphatic carbocycles. The van der Waals surface area contributed by atoms with E-state index in [1.54, 1.807) is 6.20 Å². The molecule has 0 aliphatic rings. The van der Waals surface area contributed by atoms with Crippen LogP contribution in [-0.4, -0.2) is 20.5 Å². The Bertz CT molecular complexity index is 437. The number of aromatic nitrogens is 2. The van der Waals surface area contributed by atoms with Crippen LogP contribution in [0.2, 0.25) is 0 Å². The highest BCUT2D eigenvalue weighted by atomic mass is 35.5. The Kier molecular flexibility index (Phi) is 3.71. The van der Waals surface area contributed by atoms with Crippen molar-refractivity contribution >= 4 is 34.7 Å². The number of rotatable bonds is 3. The first-order chi connectivity index (χ1) is 6.72. The van der Waals surface area contributed by atoms with E-state index in [1.165, 1.54) is 11.3 Å². The maximum absolute atomic E-state index is 10.9. The Morgan fingerprint density at radius 2 is 2.47 bits per heavy atom. The zero-order valence-electron chi connectivity index (χ0n) is 8.08. The largest absolute Gasteiger partial charge is 0.481 e. The molecule has 0 spiro atoms. The lowest BCUT2D eigenvalue weighted by Crippen LogP contribution is -2.10. The van der Waals surface area contributed by atoms with Crippen LogP contribution in [-0.2, 0) is 4.79 Å².